The van der Waals surface area contributed by atoms with Crippen molar-refractivity contribution in [3.63, 3.8) is 0 Å². The van der Waals surface area contributed by atoms with Crippen molar-refractivity contribution in [3.05, 3.63) is 63.8 Å². The number of fused-ring (bicyclic) bond motifs is 1. The van der Waals surface area contributed by atoms with Crippen LogP contribution in [-0.2, 0) is 21.8 Å². The Kier molecular flexibility index (Phi) is 6.11. The average Bonchev–Trinajstić information content (AvgIpc) is 2.63. The molecule has 1 heterocycles. The maximum absolute atomic E-state index is 12.4. The van der Waals surface area contributed by atoms with Crippen LogP contribution in [0.2, 0.25) is 10.0 Å². The Bertz CT molecular complexity index is 965. The predicted molar refractivity (Wildman–Crippen MR) is 104 cm³/mol. The Morgan fingerprint density at radius 3 is 2.65 bits per heavy atom. The predicted octanol–water partition coefficient (Wildman–Crippen LogP) is 4.34. The van der Waals surface area contributed by atoms with Gasteiger partial charge in [0.05, 0.1) is 5.02 Å². The molecule has 136 valence electrons. The fraction of sp³-hybridized carbons (Fsp3) is 0.167. The Hall–Kier alpha value is -1.70. The molecular weight excluding hydrogens is 395 g/mol. The number of rotatable bonds is 6. The lowest BCUT2D eigenvalue weighted by molar-refractivity contribution is 0.222. The SMILES string of the molecule is Cc1ccc2c(Cl)cc(S(=O)ONCCc3ccc(Cl)cc3)c(O)c2n1. The smallest absolute Gasteiger partial charge is 0.210 e. The monoisotopic (exact) mass is 410 g/mol. The summed E-state index contributed by atoms with van der Waals surface area (Å²) >= 11 is 10.1. The van der Waals surface area contributed by atoms with E-state index in [9.17, 15) is 9.32 Å². The van der Waals surface area contributed by atoms with Crippen LogP contribution in [0.3, 0.4) is 0 Å². The molecule has 1 atom stereocenters. The summed E-state index contributed by atoms with van der Waals surface area (Å²) in [6.07, 6.45) is 0.666. The minimum atomic E-state index is -1.94. The number of halogens is 2. The van der Waals surface area contributed by atoms with Gasteiger partial charge in [-0.3, -0.25) is 0 Å². The maximum atomic E-state index is 12.4. The van der Waals surface area contributed by atoms with Crippen LogP contribution in [0.5, 0.6) is 5.75 Å². The highest BCUT2D eigenvalue weighted by Crippen LogP contribution is 2.35. The first kappa shape index (κ1) is 19.1. The van der Waals surface area contributed by atoms with Gasteiger partial charge in [-0.2, -0.15) is 9.76 Å². The topological polar surface area (TPSA) is 71.5 Å². The van der Waals surface area contributed by atoms with Crippen molar-refractivity contribution in [1.82, 2.24) is 10.5 Å². The lowest BCUT2D eigenvalue weighted by Crippen LogP contribution is -2.19. The van der Waals surface area contributed by atoms with Crippen molar-refractivity contribution < 1.29 is 13.6 Å². The number of phenolic OH excluding ortho intramolecular Hbond substituents is 1. The third kappa shape index (κ3) is 4.34. The van der Waals surface area contributed by atoms with Gasteiger partial charge in [0.1, 0.15) is 10.4 Å². The van der Waals surface area contributed by atoms with Crippen molar-refractivity contribution >= 4 is 45.2 Å². The van der Waals surface area contributed by atoms with Gasteiger partial charge in [0.2, 0.25) is 11.1 Å². The van der Waals surface area contributed by atoms with Crippen molar-refractivity contribution in [2.45, 2.75) is 18.2 Å². The first-order valence-electron chi connectivity index (χ1n) is 7.81. The molecule has 0 aliphatic heterocycles. The normalized spacial score (nSPS) is 12.4. The number of aryl methyl sites for hydroxylation is 1. The van der Waals surface area contributed by atoms with Crippen LogP contribution in [0.15, 0.2) is 47.4 Å². The molecule has 1 unspecified atom stereocenters. The minimum Gasteiger partial charge on any atom is -0.504 e. The largest absolute Gasteiger partial charge is 0.504 e. The van der Waals surface area contributed by atoms with Gasteiger partial charge in [0.15, 0.2) is 5.75 Å². The molecule has 0 saturated heterocycles. The molecule has 2 aromatic carbocycles. The summed E-state index contributed by atoms with van der Waals surface area (Å²) in [6, 6.07) is 12.4. The summed E-state index contributed by atoms with van der Waals surface area (Å²) in [6.45, 7) is 2.23. The van der Waals surface area contributed by atoms with Crippen LogP contribution < -0.4 is 5.48 Å². The third-order valence-corrected chi connectivity index (χ3v) is 5.25. The average molecular weight is 411 g/mol. The number of hydrogen-bond acceptors (Lipinski definition) is 5. The van der Waals surface area contributed by atoms with E-state index in [2.05, 4.69) is 10.5 Å². The first-order chi connectivity index (χ1) is 12.5. The van der Waals surface area contributed by atoms with Crippen LogP contribution in [0.1, 0.15) is 11.3 Å². The van der Waals surface area contributed by atoms with Crippen molar-refractivity contribution in [3.8, 4) is 5.75 Å². The van der Waals surface area contributed by atoms with Gasteiger partial charge in [-0.25, -0.2) is 9.19 Å². The van der Waals surface area contributed by atoms with E-state index < -0.39 is 11.1 Å². The number of aromatic hydroxyl groups is 1. The second kappa shape index (κ2) is 8.33. The zero-order chi connectivity index (χ0) is 18.7. The van der Waals surface area contributed by atoms with E-state index in [1.807, 2.05) is 12.1 Å². The molecule has 2 N–H and O–H groups in total. The Morgan fingerprint density at radius 1 is 1.19 bits per heavy atom. The van der Waals surface area contributed by atoms with Crippen LogP contribution in [0.4, 0.5) is 0 Å². The Morgan fingerprint density at radius 2 is 1.92 bits per heavy atom. The van der Waals surface area contributed by atoms with Gasteiger partial charge >= 0.3 is 0 Å². The maximum Gasteiger partial charge on any atom is 0.210 e. The molecule has 0 amide bonds. The lowest BCUT2D eigenvalue weighted by atomic mass is 10.2. The van der Waals surface area contributed by atoms with Crippen molar-refractivity contribution in [1.29, 1.82) is 0 Å². The summed E-state index contributed by atoms with van der Waals surface area (Å²) in [7, 11) is 0. The molecule has 0 fully saturated rings. The van der Waals surface area contributed by atoms with Crippen LogP contribution >= 0.6 is 23.2 Å². The van der Waals surface area contributed by atoms with E-state index in [4.69, 9.17) is 27.5 Å². The third-order valence-electron chi connectivity index (χ3n) is 3.75. The number of benzene rings is 2. The summed E-state index contributed by atoms with van der Waals surface area (Å²) in [5.41, 5.74) is 4.72. The van der Waals surface area contributed by atoms with E-state index >= 15 is 0 Å². The minimum absolute atomic E-state index is 0.0691. The first-order valence-corrected chi connectivity index (χ1v) is 9.64. The van der Waals surface area contributed by atoms with Gasteiger partial charge in [-0.05, 0) is 49.2 Å². The van der Waals surface area contributed by atoms with Gasteiger partial charge in [-0.15, -0.1) is 0 Å². The highest BCUT2D eigenvalue weighted by Gasteiger charge is 2.17. The van der Waals surface area contributed by atoms with Crippen molar-refractivity contribution in [2.75, 3.05) is 6.54 Å². The molecular formula is C18H16Cl2N2O3S. The molecule has 0 radical (unpaired) electrons. The lowest BCUT2D eigenvalue weighted by Gasteiger charge is -2.10. The number of nitrogens with one attached hydrogen (secondary N) is 1. The second-order valence-corrected chi connectivity index (χ2v) is 7.56. The molecule has 26 heavy (non-hydrogen) atoms. The zero-order valence-electron chi connectivity index (χ0n) is 13.8. The highest BCUT2D eigenvalue weighted by atomic mass is 35.5. The zero-order valence-corrected chi connectivity index (χ0v) is 16.2. The van der Waals surface area contributed by atoms with Crippen LogP contribution in [0.25, 0.3) is 10.9 Å². The fourth-order valence-electron chi connectivity index (χ4n) is 2.42. The summed E-state index contributed by atoms with van der Waals surface area (Å²) in [5, 5.41) is 12.0. The van der Waals surface area contributed by atoms with Crippen LogP contribution in [-0.4, -0.2) is 20.8 Å². The van der Waals surface area contributed by atoms with Gasteiger partial charge in [0, 0.05) is 22.6 Å². The molecule has 0 spiro atoms. The second-order valence-electron chi connectivity index (χ2n) is 5.64. The molecule has 1 aromatic heterocycles. The molecule has 3 aromatic rings. The van der Waals surface area contributed by atoms with Crippen molar-refractivity contribution in [2.24, 2.45) is 0 Å². The number of aromatic nitrogens is 1. The number of nitrogens with zero attached hydrogens (tertiary/aromatic N) is 1. The standard InChI is InChI=1S/C18H16Cl2N2O3S/c1-11-2-7-14-15(20)10-16(18(23)17(14)22-11)26(24)25-21-9-8-12-3-5-13(19)6-4-12/h2-7,10,21,23H,8-9H2,1H3. The van der Waals surface area contributed by atoms with E-state index in [1.54, 1.807) is 31.2 Å². The Balaban J connectivity index is 1.68. The quantitative estimate of drug-likeness (QED) is 0.466. The summed E-state index contributed by atoms with van der Waals surface area (Å²) < 4.78 is 17.5. The number of phenols is 1. The number of pyridine rings is 1. The van der Waals surface area contributed by atoms with E-state index in [0.29, 0.717) is 39.6 Å². The number of hydroxylamine groups is 1. The fourth-order valence-corrected chi connectivity index (χ4v) is 3.62. The van der Waals surface area contributed by atoms with Crippen LogP contribution in [0, 0.1) is 6.92 Å². The molecule has 0 aliphatic carbocycles. The molecule has 0 bridgehead atoms. The number of hydrogen-bond donors (Lipinski definition) is 2. The molecule has 5 nitrogen and oxygen atoms in total. The van der Waals surface area contributed by atoms with Gasteiger partial charge < -0.3 is 5.11 Å². The Labute approximate surface area is 163 Å². The van der Waals surface area contributed by atoms with E-state index in [-0.39, 0.29) is 10.6 Å². The van der Waals surface area contributed by atoms with E-state index in [1.165, 1.54) is 6.07 Å². The molecule has 3 rings (SSSR count). The van der Waals surface area contributed by atoms with Gasteiger partial charge in [0.25, 0.3) is 0 Å². The highest BCUT2D eigenvalue weighted by molar-refractivity contribution is 7.80. The summed E-state index contributed by atoms with van der Waals surface area (Å²) in [5.74, 6) is -0.203. The molecule has 0 aliphatic rings. The summed E-state index contributed by atoms with van der Waals surface area (Å²) in [4.78, 5) is 4.34. The molecule has 8 heteroatoms. The van der Waals surface area contributed by atoms with E-state index in [0.717, 1.165) is 5.56 Å². The molecule has 0 saturated carbocycles. The van der Waals surface area contributed by atoms with Gasteiger partial charge in [-0.1, -0.05) is 35.3 Å².